The number of carbonyl (C=O) groups excluding carboxylic acids is 1. The summed E-state index contributed by atoms with van der Waals surface area (Å²) in [7, 11) is 0. The van der Waals surface area contributed by atoms with Crippen LogP contribution in [0.2, 0.25) is 0 Å². The zero-order valence-electron chi connectivity index (χ0n) is 18.3. The number of ether oxygens (including phenoxy) is 3. The van der Waals surface area contributed by atoms with Gasteiger partial charge in [0.05, 0.1) is 0 Å². The molecule has 0 atom stereocenters. The predicted molar refractivity (Wildman–Crippen MR) is 124 cm³/mol. The Morgan fingerprint density at radius 2 is 1.28 bits per heavy atom. The lowest BCUT2D eigenvalue weighted by Gasteiger charge is -2.35. The molecule has 4 heteroatoms. The lowest BCUT2D eigenvalue weighted by Crippen LogP contribution is -2.35. The first-order valence-electron chi connectivity index (χ1n) is 10.5. The molecule has 0 spiro atoms. The molecule has 3 aromatic rings. The van der Waals surface area contributed by atoms with E-state index in [0.29, 0.717) is 5.76 Å². The number of hydrogen-bond acceptors (Lipinski definition) is 4. The lowest BCUT2D eigenvalue weighted by atomic mass is 9.80. The summed E-state index contributed by atoms with van der Waals surface area (Å²) in [6, 6.07) is 29.8. The lowest BCUT2D eigenvalue weighted by molar-refractivity contribution is -0.142. The quantitative estimate of drug-likeness (QED) is 0.431. The van der Waals surface area contributed by atoms with E-state index >= 15 is 0 Å². The van der Waals surface area contributed by atoms with Crippen molar-refractivity contribution < 1.29 is 19.0 Å². The van der Waals surface area contributed by atoms with Crippen molar-refractivity contribution in [1.29, 1.82) is 0 Å². The highest BCUT2D eigenvalue weighted by Crippen LogP contribution is 2.41. The van der Waals surface area contributed by atoms with E-state index in [9.17, 15) is 4.79 Å². The van der Waals surface area contributed by atoms with E-state index in [1.807, 2.05) is 91.0 Å². The zero-order chi connectivity index (χ0) is 22.6. The van der Waals surface area contributed by atoms with Crippen molar-refractivity contribution in [3.05, 3.63) is 132 Å². The summed E-state index contributed by atoms with van der Waals surface area (Å²) in [5.41, 5.74) is 1.79. The van der Waals surface area contributed by atoms with Gasteiger partial charge in [-0.05, 0) is 22.8 Å². The van der Waals surface area contributed by atoms with Crippen LogP contribution in [0.25, 0.3) is 0 Å². The van der Waals surface area contributed by atoms with Gasteiger partial charge in [0.25, 0.3) is 0 Å². The first-order chi connectivity index (χ1) is 15.5. The Morgan fingerprint density at radius 1 is 0.844 bits per heavy atom. The second-order valence-corrected chi connectivity index (χ2v) is 7.99. The smallest absolute Gasteiger partial charge is 0.246 e. The third-order valence-corrected chi connectivity index (χ3v) is 5.33. The van der Waals surface area contributed by atoms with Gasteiger partial charge in [-0.15, -0.1) is 0 Å². The highest BCUT2D eigenvalue weighted by molar-refractivity contribution is 5.95. The summed E-state index contributed by atoms with van der Waals surface area (Å²) < 4.78 is 18.0. The molecular weight excluding hydrogens is 400 g/mol. The SMILES string of the molecule is C=CC1=C(C(=O)COC(c2ccccc2)(c2ccccc2)c2ccccc2)OC(C)(C)O1. The van der Waals surface area contributed by atoms with Crippen LogP contribution in [0.4, 0.5) is 0 Å². The van der Waals surface area contributed by atoms with Crippen LogP contribution in [0.1, 0.15) is 30.5 Å². The number of carbonyl (C=O) groups is 1. The van der Waals surface area contributed by atoms with E-state index in [4.69, 9.17) is 14.2 Å². The molecule has 4 rings (SSSR count). The monoisotopic (exact) mass is 426 g/mol. The Labute approximate surface area is 188 Å². The Morgan fingerprint density at radius 3 is 1.69 bits per heavy atom. The maximum absolute atomic E-state index is 13.2. The van der Waals surface area contributed by atoms with E-state index in [1.165, 1.54) is 6.08 Å². The minimum atomic E-state index is -0.983. The first-order valence-corrected chi connectivity index (χ1v) is 10.5. The number of benzene rings is 3. The van der Waals surface area contributed by atoms with E-state index in [1.54, 1.807) is 13.8 Å². The van der Waals surface area contributed by atoms with E-state index < -0.39 is 11.4 Å². The van der Waals surface area contributed by atoms with Gasteiger partial charge in [0.2, 0.25) is 17.3 Å². The van der Waals surface area contributed by atoms with Gasteiger partial charge in [-0.25, -0.2) is 0 Å². The van der Waals surface area contributed by atoms with E-state index in [-0.39, 0.29) is 18.1 Å². The second kappa shape index (κ2) is 8.85. The summed E-state index contributed by atoms with van der Waals surface area (Å²) >= 11 is 0. The van der Waals surface area contributed by atoms with Gasteiger partial charge < -0.3 is 14.2 Å². The molecule has 0 radical (unpaired) electrons. The number of rotatable bonds is 8. The van der Waals surface area contributed by atoms with Gasteiger partial charge in [0.15, 0.2) is 5.76 Å². The van der Waals surface area contributed by atoms with Crippen LogP contribution < -0.4 is 0 Å². The molecule has 3 aromatic carbocycles. The van der Waals surface area contributed by atoms with Crippen molar-refractivity contribution in [2.45, 2.75) is 25.2 Å². The molecule has 0 aliphatic carbocycles. The number of hydrogen-bond donors (Lipinski definition) is 0. The standard InChI is InChI=1S/C28H26O4/c1-4-25-26(32-27(2,3)31-25)24(29)20-30-28(21-14-8-5-9-15-21,22-16-10-6-11-17-22)23-18-12-7-13-19-23/h4-19H,1,20H2,2-3H3. The Hall–Kier alpha value is -3.63. The van der Waals surface area contributed by atoms with Crippen molar-refractivity contribution in [2.75, 3.05) is 6.61 Å². The summed E-state index contributed by atoms with van der Waals surface area (Å²) in [4.78, 5) is 13.2. The average Bonchev–Trinajstić information content (AvgIpc) is 3.16. The zero-order valence-corrected chi connectivity index (χ0v) is 18.3. The maximum atomic E-state index is 13.2. The van der Waals surface area contributed by atoms with Gasteiger partial charge in [-0.3, -0.25) is 4.79 Å². The average molecular weight is 427 g/mol. The Kier molecular flexibility index (Phi) is 5.97. The van der Waals surface area contributed by atoms with Crippen molar-refractivity contribution in [1.82, 2.24) is 0 Å². The molecule has 0 amide bonds. The third kappa shape index (κ3) is 4.10. The molecule has 0 fully saturated rings. The summed E-state index contributed by atoms with van der Waals surface area (Å²) in [5, 5.41) is 0. The van der Waals surface area contributed by atoms with Crippen LogP contribution in [-0.2, 0) is 24.6 Å². The molecule has 0 aromatic heterocycles. The number of ketones is 1. The van der Waals surface area contributed by atoms with Gasteiger partial charge in [-0.1, -0.05) is 97.6 Å². The predicted octanol–water partition coefficient (Wildman–Crippen LogP) is 5.74. The fourth-order valence-electron chi connectivity index (χ4n) is 3.96. The van der Waals surface area contributed by atoms with E-state index in [2.05, 4.69) is 6.58 Å². The van der Waals surface area contributed by atoms with Crippen molar-refractivity contribution in [3.8, 4) is 0 Å². The largest absolute Gasteiger partial charge is 0.449 e. The Bertz CT molecular complexity index is 1020. The fraction of sp³-hybridized carbons (Fsp3) is 0.179. The topological polar surface area (TPSA) is 44.8 Å². The summed E-state index contributed by atoms with van der Waals surface area (Å²) in [5.74, 6) is -0.775. The molecule has 1 aliphatic rings. The second-order valence-electron chi connectivity index (χ2n) is 7.99. The van der Waals surface area contributed by atoms with Crippen molar-refractivity contribution >= 4 is 5.78 Å². The highest BCUT2D eigenvalue weighted by Gasteiger charge is 2.40. The molecule has 162 valence electrons. The molecule has 1 aliphatic heterocycles. The van der Waals surface area contributed by atoms with Crippen LogP contribution in [0.3, 0.4) is 0 Å². The van der Waals surface area contributed by atoms with Crippen LogP contribution in [-0.4, -0.2) is 18.2 Å². The molecule has 4 nitrogen and oxygen atoms in total. The molecule has 0 unspecified atom stereocenters. The molecular formula is C28H26O4. The molecule has 32 heavy (non-hydrogen) atoms. The van der Waals surface area contributed by atoms with Gasteiger partial charge in [0, 0.05) is 13.8 Å². The normalized spacial score (nSPS) is 15.1. The minimum absolute atomic E-state index is 0.132. The molecule has 0 saturated heterocycles. The van der Waals surface area contributed by atoms with Crippen LogP contribution in [0, 0.1) is 0 Å². The molecule has 1 heterocycles. The number of allylic oxidation sites excluding steroid dienone is 1. The number of Topliss-reactive ketones (excluding diaryl/α,β-unsaturated/α-hetero) is 1. The van der Waals surface area contributed by atoms with Crippen LogP contribution >= 0.6 is 0 Å². The minimum Gasteiger partial charge on any atom is -0.449 e. The summed E-state index contributed by atoms with van der Waals surface area (Å²) in [6.45, 7) is 7.03. The highest BCUT2D eigenvalue weighted by atomic mass is 16.7. The van der Waals surface area contributed by atoms with Crippen molar-refractivity contribution in [3.63, 3.8) is 0 Å². The molecule has 0 N–H and O–H groups in total. The van der Waals surface area contributed by atoms with Gasteiger partial charge in [0.1, 0.15) is 12.2 Å². The fourth-order valence-corrected chi connectivity index (χ4v) is 3.96. The molecule has 0 bridgehead atoms. The maximum Gasteiger partial charge on any atom is 0.246 e. The van der Waals surface area contributed by atoms with Gasteiger partial charge >= 0.3 is 0 Å². The molecule has 0 saturated carbocycles. The van der Waals surface area contributed by atoms with E-state index in [0.717, 1.165) is 16.7 Å². The first kappa shape index (κ1) is 21.6. The van der Waals surface area contributed by atoms with Gasteiger partial charge in [-0.2, -0.15) is 0 Å². The third-order valence-electron chi connectivity index (χ3n) is 5.33. The Balaban J connectivity index is 1.79. The van der Waals surface area contributed by atoms with Crippen molar-refractivity contribution in [2.24, 2.45) is 0 Å². The van der Waals surface area contributed by atoms with Crippen LogP contribution in [0.5, 0.6) is 0 Å². The summed E-state index contributed by atoms with van der Waals surface area (Å²) in [6.07, 6.45) is 1.49. The van der Waals surface area contributed by atoms with Crippen LogP contribution in [0.15, 0.2) is 115 Å².